The quantitative estimate of drug-likeness (QED) is 0.159. The zero-order chi connectivity index (χ0) is 29.3. The molecule has 2 heterocycles. The van der Waals surface area contributed by atoms with Crippen LogP contribution in [-0.2, 0) is 19.5 Å². The molecule has 2 aromatic heterocycles. The number of carbonyl (C=O) groups excluding carboxylic acids is 1. The monoisotopic (exact) mass is 568 g/mol. The number of unbranched alkanes of at least 4 members (excludes halogenated alkanes) is 1. The molecule has 216 valence electrons. The molecule has 0 atom stereocenters. The first-order chi connectivity index (χ1) is 20.5. The number of amides is 2. The number of urea groups is 1. The van der Waals surface area contributed by atoms with E-state index < -0.39 is 0 Å². The molecule has 3 aromatic carbocycles. The highest BCUT2D eigenvalue weighted by molar-refractivity contribution is 5.92. The molecule has 0 aliphatic carbocycles. The summed E-state index contributed by atoms with van der Waals surface area (Å²) in [5.41, 5.74) is 11.0. The lowest BCUT2D eigenvalue weighted by Gasteiger charge is -2.24. The second-order valence-electron chi connectivity index (χ2n) is 9.86. The number of methoxy groups -OCH3 is 1. The molecule has 0 radical (unpaired) electrons. The SMILES string of the molecule is COc1cc(N(Cc2ccc(F)cc2)C(=O)NCc2ccc3nc[nH]c3c2)ccc1OCCCCc1ccnc(N)c1. The molecule has 0 saturated carbocycles. The molecule has 5 rings (SSSR count). The number of H-pyrrole nitrogens is 1. The minimum atomic E-state index is -0.336. The molecule has 0 aliphatic heterocycles. The normalized spacial score (nSPS) is 10.9. The van der Waals surface area contributed by atoms with Crippen molar-refractivity contribution < 1.29 is 18.7 Å². The first kappa shape index (κ1) is 28.4. The van der Waals surface area contributed by atoms with Gasteiger partial charge >= 0.3 is 6.03 Å². The van der Waals surface area contributed by atoms with Crippen molar-refractivity contribution in [1.29, 1.82) is 0 Å². The maximum absolute atomic E-state index is 13.6. The van der Waals surface area contributed by atoms with Crippen molar-refractivity contribution in [1.82, 2.24) is 20.3 Å². The second-order valence-corrected chi connectivity index (χ2v) is 9.86. The molecule has 0 fully saturated rings. The average molecular weight is 569 g/mol. The molecule has 9 nitrogen and oxygen atoms in total. The summed E-state index contributed by atoms with van der Waals surface area (Å²) in [6, 6.07) is 20.8. The van der Waals surface area contributed by atoms with Crippen LogP contribution in [0.25, 0.3) is 11.0 Å². The number of pyridine rings is 1. The molecule has 0 unspecified atom stereocenters. The van der Waals surface area contributed by atoms with Gasteiger partial charge in [0, 0.05) is 24.5 Å². The number of ether oxygens (including phenoxy) is 2. The number of imidazole rings is 1. The van der Waals surface area contributed by atoms with Crippen molar-refractivity contribution in [2.24, 2.45) is 0 Å². The van der Waals surface area contributed by atoms with Crippen molar-refractivity contribution in [3.8, 4) is 11.5 Å². The predicted molar refractivity (Wildman–Crippen MR) is 161 cm³/mol. The van der Waals surface area contributed by atoms with Gasteiger partial charge in [0.1, 0.15) is 11.6 Å². The van der Waals surface area contributed by atoms with Crippen LogP contribution in [0, 0.1) is 5.82 Å². The molecule has 4 N–H and O–H groups in total. The van der Waals surface area contributed by atoms with Crippen LogP contribution in [0.4, 0.5) is 20.7 Å². The van der Waals surface area contributed by atoms with Crippen LogP contribution in [0.5, 0.6) is 11.5 Å². The van der Waals surface area contributed by atoms with E-state index in [0.717, 1.165) is 47.0 Å². The minimum absolute atomic E-state index is 0.231. The molecular formula is C32H33FN6O3. The van der Waals surface area contributed by atoms with Gasteiger partial charge < -0.3 is 25.5 Å². The van der Waals surface area contributed by atoms with Crippen molar-refractivity contribution >= 4 is 28.6 Å². The number of nitrogen functional groups attached to an aromatic ring is 1. The highest BCUT2D eigenvalue weighted by Gasteiger charge is 2.19. The summed E-state index contributed by atoms with van der Waals surface area (Å²) < 4.78 is 25.2. The Hall–Kier alpha value is -5.12. The van der Waals surface area contributed by atoms with Gasteiger partial charge in [-0.15, -0.1) is 0 Å². The first-order valence-electron chi connectivity index (χ1n) is 13.7. The van der Waals surface area contributed by atoms with E-state index in [0.29, 0.717) is 36.2 Å². The van der Waals surface area contributed by atoms with Crippen molar-refractivity contribution in [3.05, 3.63) is 108 Å². The molecule has 0 spiro atoms. The van der Waals surface area contributed by atoms with Gasteiger partial charge in [-0.2, -0.15) is 0 Å². The molecule has 0 bridgehead atoms. The zero-order valence-corrected chi connectivity index (χ0v) is 23.3. The molecule has 2 amide bonds. The molecule has 0 saturated heterocycles. The van der Waals surface area contributed by atoms with Crippen LogP contribution in [0.3, 0.4) is 0 Å². The fourth-order valence-electron chi connectivity index (χ4n) is 4.63. The largest absolute Gasteiger partial charge is 0.493 e. The highest BCUT2D eigenvalue weighted by Crippen LogP contribution is 2.33. The van der Waals surface area contributed by atoms with Crippen molar-refractivity contribution in [2.45, 2.75) is 32.4 Å². The number of nitrogens with zero attached hydrogens (tertiary/aromatic N) is 3. The van der Waals surface area contributed by atoms with E-state index in [-0.39, 0.29) is 18.4 Å². The third-order valence-corrected chi connectivity index (χ3v) is 6.85. The Kier molecular flexibility index (Phi) is 9.13. The number of nitrogens with one attached hydrogen (secondary N) is 2. The van der Waals surface area contributed by atoms with Crippen LogP contribution in [0.15, 0.2) is 85.3 Å². The fraction of sp³-hybridized carbons (Fsp3) is 0.219. The first-order valence-corrected chi connectivity index (χ1v) is 13.7. The van der Waals surface area contributed by atoms with E-state index in [4.69, 9.17) is 15.2 Å². The minimum Gasteiger partial charge on any atom is -0.493 e. The fourth-order valence-corrected chi connectivity index (χ4v) is 4.63. The maximum atomic E-state index is 13.6. The van der Waals surface area contributed by atoms with E-state index in [1.165, 1.54) is 12.1 Å². The third kappa shape index (κ3) is 7.34. The van der Waals surface area contributed by atoms with Gasteiger partial charge in [-0.1, -0.05) is 18.2 Å². The van der Waals surface area contributed by atoms with E-state index >= 15 is 0 Å². The number of nitrogens with two attached hydrogens (primary N) is 1. The number of rotatable bonds is 12. The number of hydrogen-bond acceptors (Lipinski definition) is 6. The summed E-state index contributed by atoms with van der Waals surface area (Å²) in [6.45, 7) is 1.06. The van der Waals surface area contributed by atoms with E-state index in [1.54, 1.807) is 48.8 Å². The van der Waals surface area contributed by atoms with E-state index in [9.17, 15) is 9.18 Å². The van der Waals surface area contributed by atoms with Crippen molar-refractivity contribution in [2.75, 3.05) is 24.4 Å². The van der Waals surface area contributed by atoms with E-state index in [1.807, 2.05) is 36.4 Å². The van der Waals surface area contributed by atoms with Crippen LogP contribution >= 0.6 is 0 Å². The Labute approximate surface area is 243 Å². The Morgan fingerprint density at radius 1 is 0.952 bits per heavy atom. The number of benzene rings is 3. The lowest BCUT2D eigenvalue weighted by Crippen LogP contribution is -2.39. The standard InChI is InChI=1S/C32H33FN6O3/c1-41-30-18-26(10-12-29(30)42-15-3-2-4-22-13-14-35-31(34)17-22)39(20-23-5-8-25(33)9-6-23)32(40)36-19-24-7-11-27-28(16-24)38-21-37-27/h5-14,16-18,21H,2-4,15,19-20H2,1H3,(H2,34,35)(H,36,40)(H,37,38). The topological polar surface area (TPSA) is 118 Å². The summed E-state index contributed by atoms with van der Waals surface area (Å²) in [5.74, 6) is 1.28. The number of fused-ring (bicyclic) bond motifs is 1. The summed E-state index contributed by atoms with van der Waals surface area (Å²) in [4.78, 5) is 26.4. The lowest BCUT2D eigenvalue weighted by molar-refractivity contribution is 0.245. The van der Waals surface area contributed by atoms with Gasteiger partial charge in [0.05, 0.1) is 37.6 Å². The molecular weight excluding hydrogens is 535 g/mol. The van der Waals surface area contributed by atoms with Crippen molar-refractivity contribution in [3.63, 3.8) is 0 Å². The van der Waals surface area contributed by atoms with Crippen LogP contribution in [0.2, 0.25) is 0 Å². The zero-order valence-electron chi connectivity index (χ0n) is 23.3. The molecule has 0 aliphatic rings. The van der Waals surface area contributed by atoms with Gasteiger partial charge in [-0.3, -0.25) is 4.90 Å². The van der Waals surface area contributed by atoms with Gasteiger partial charge in [0.15, 0.2) is 11.5 Å². The molecule has 42 heavy (non-hydrogen) atoms. The Morgan fingerprint density at radius 2 is 1.79 bits per heavy atom. The maximum Gasteiger partial charge on any atom is 0.322 e. The Bertz CT molecular complexity index is 1640. The van der Waals surface area contributed by atoms with Crippen LogP contribution in [-0.4, -0.2) is 34.7 Å². The van der Waals surface area contributed by atoms with Crippen LogP contribution < -0.4 is 25.4 Å². The number of halogens is 1. The summed E-state index contributed by atoms with van der Waals surface area (Å²) in [6.07, 6.45) is 6.01. The number of hydrogen-bond donors (Lipinski definition) is 3. The summed E-state index contributed by atoms with van der Waals surface area (Å²) in [7, 11) is 1.57. The third-order valence-electron chi connectivity index (χ3n) is 6.85. The van der Waals surface area contributed by atoms with Gasteiger partial charge in [0.25, 0.3) is 0 Å². The smallest absolute Gasteiger partial charge is 0.322 e. The summed E-state index contributed by atoms with van der Waals surface area (Å²) in [5, 5.41) is 3.00. The Balaban J connectivity index is 1.26. The molecule has 10 heteroatoms. The van der Waals surface area contributed by atoms with Crippen LogP contribution in [0.1, 0.15) is 29.5 Å². The van der Waals surface area contributed by atoms with Gasteiger partial charge in [0.2, 0.25) is 0 Å². The lowest BCUT2D eigenvalue weighted by atomic mass is 10.1. The number of anilines is 2. The second kappa shape index (κ2) is 13.5. The highest BCUT2D eigenvalue weighted by atomic mass is 19.1. The van der Waals surface area contributed by atoms with Gasteiger partial charge in [-0.25, -0.2) is 19.2 Å². The number of aromatic nitrogens is 3. The van der Waals surface area contributed by atoms with Gasteiger partial charge in [-0.05, 0) is 84.5 Å². The number of aryl methyl sites for hydroxylation is 1. The predicted octanol–water partition coefficient (Wildman–Crippen LogP) is 6.01. The Morgan fingerprint density at radius 3 is 2.60 bits per heavy atom. The average Bonchev–Trinajstić information content (AvgIpc) is 3.48. The summed E-state index contributed by atoms with van der Waals surface area (Å²) >= 11 is 0. The number of aromatic amines is 1. The number of carbonyl (C=O) groups is 1. The molecule has 5 aromatic rings. The van der Waals surface area contributed by atoms with E-state index in [2.05, 4.69) is 20.3 Å².